The van der Waals surface area contributed by atoms with Crippen LogP contribution in [0.15, 0.2) is 224 Å². The Labute approximate surface area is 358 Å². The Morgan fingerprint density at radius 3 is 1.37 bits per heavy atom. The lowest BCUT2D eigenvalue weighted by Crippen LogP contribution is -2.01. The lowest BCUT2D eigenvalue weighted by molar-refractivity contribution is 1.07. The minimum absolute atomic E-state index is 0.616. The van der Waals surface area contributed by atoms with E-state index < -0.39 is 0 Å². The normalized spacial score (nSPS) is 11.5. The van der Waals surface area contributed by atoms with Crippen LogP contribution >= 0.6 is 0 Å². The molecule has 0 aliphatic heterocycles. The van der Waals surface area contributed by atoms with E-state index in [1.807, 2.05) is 24.3 Å². The number of rotatable bonds is 7. The molecule has 5 heteroatoms. The van der Waals surface area contributed by atoms with Crippen LogP contribution in [0.5, 0.6) is 0 Å². The van der Waals surface area contributed by atoms with Crippen LogP contribution in [0.25, 0.3) is 111 Å². The summed E-state index contributed by atoms with van der Waals surface area (Å²) in [5.41, 5.74) is 14.2. The highest BCUT2D eigenvalue weighted by Gasteiger charge is 2.18. The van der Waals surface area contributed by atoms with E-state index in [-0.39, 0.29) is 0 Å². The predicted molar refractivity (Wildman–Crippen MR) is 256 cm³/mol. The molecule has 0 saturated heterocycles. The maximum absolute atomic E-state index is 5.17. The van der Waals surface area contributed by atoms with Crippen molar-refractivity contribution >= 4 is 43.6 Å². The lowest BCUT2D eigenvalue weighted by atomic mass is 10.0. The molecule has 62 heavy (non-hydrogen) atoms. The molecule has 0 spiro atoms. The number of benzene rings is 9. The number of aromatic nitrogens is 5. The molecular weight excluding hydrogens is 755 g/mol. The highest BCUT2D eigenvalue weighted by atomic mass is 15.0. The van der Waals surface area contributed by atoms with Gasteiger partial charge in [-0.15, -0.1) is 0 Å². The number of nitrogens with zero attached hydrogens (tertiary/aromatic N) is 5. The molecule has 0 aliphatic rings. The van der Waals surface area contributed by atoms with Gasteiger partial charge < -0.3 is 9.13 Å². The van der Waals surface area contributed by atoms with Gasteiger partial charge in [-0.1, -0.05) is 164 Å². The highest BCUT2D eigenvalue weighted by Crippen LogP contribution is 2.39. The van der Waals surface area contributed by atoms with Gasteiger partial charge in [0.1, 0.15) is 0 Å². The van der Waals surface area contributed by atoms with Crippen molar-refractivity contribution < 1.29 is 0 Å². The molecule has 0 amide bonds. The summed E-state index contributed by atoms with van der Waals surface area (Å²) >= 11 is 0. The molecule has 0 fully saturated rings. The van der Waals surface area contributed by atoms with E-state index in [2.05, 4.69) is 209 Å². The summed E-state index contributed by atoms with van der Waals surface area (Å²) in [5, 5.41) is 4.87. The Balaban J connectivity index is 1.00. The highest BCUT2D eigenvalue weighted by molar-refractivity contribution is 6.12. The number of hydrogen-bond donors (Lipinski definition) is 0. The predicted octanol–water partition coefficient (Wildman–Crippen LogP) is 14.4. The average Bonchev–Trinajstić information content (AvgIpc) is 3.87. The third-order valence-corrected chi connectivity index (χ3v) is 12.0. The van der Waals surface area contributed by atoms with Gasteiger partial charge in [0.05, 0.1) is 22.1 Å². The van der Waals surface area contributed by atoms with E-state index in [0.717, 1.165) is 55.8 Å². The summed E-state index contributed by atoms with van der Waals surface area (Å²) in [6.07, 6.45) is 0. The van der Waals surface area contributed by atoms with Crippen molar-refractivity contribution in [3.8, 4) is 67.8 Å². The van der Waals surface area contributed by atoms with Crippen molar-refractivity contribution in [3.63, 3.8) is 0 Å². The number of para-hydroxylation sites is 3. The van der Waals surface area contributed by atoms with Crippen LogP contribution in [0.3, 0.4) is 0 Å². The van der Waals surface area contributed by atoms with Gasteiger partial charge in [-0.05, 0) is 82.9 Å². The second kappa shape index (κ2) is 14.7. The Hall–Kier alpha value is -8.41. The molecule has 290 valence electrons. The van der Waals surface area contributed by atoms with Gasteiger partial charge >= 0.3 is 0 Å². The van der Waals surface area contributed by atoms with Crippen molar-refractivity contribution in [2.24, 2.45) is 0 Å². The van der Waals surface area contributed by atoms with Crippen LogP contribution < -0.4 is 0 Å². The second-order valence-corrected chi connectivity index (χ2v) is 15.7. The van der Waals surface area contributed by atoms with E-state index in [0.29, 0.717) is 17.5 Å². The van der Waals surface area contributed by atoms with Gasteiger partial charge in [0.15, 0.2) is 17.5 Å². The van der Waals surface area contributed by atoms with Gasteiger partial charge in [-0.25, -0.2) is 15.0 Å². The van der Waals surface area contributed by atoms with Crippen LogP contribution in [-0.4, -0.2) is 24.1 Å². The summed E-state index contributed by atoms with van der Waals surface area (Å²) in [7, 11) is 0. The monoisotopic (exact) mass is 791 g/mol. The van der Waals surface area contributed by atoms with Gasteiger partial charge in [0, 0.05) is 49.6 Å². The van der Waals surface area contributed by atoms with E-state index in [9.17, 15) is 0 Å². The Morgan fingerprint density at radius 1 is 0.226 bits per heavy atom. The average molecular weight is 792 g/mol. The van der Waals surface area contributed by atoms with E-state index in [1.165, 1.54) is 38.1 Å². The molecule has 0 bridgehead atoms. The van der Waals surface area contributed by atoms with Crippen LogP contribution in [0, 0.1) is 0 Å². The molecule has 5 nitrogen and oxygen atoms in total. The molecule has 0 saturated carbocycles. The van der Waals surface area contributed by atoms with E-state index in [4.69, 9.17) is 15.0 Å². The first-order valence-corrected chi connectivity index (χ1v) is 20.9. The van der Waals surface area contributed by atoms with Crippen LogP contribution in [0.4, 0.5) is 0 Å². The smallest absolute Gasteiger partial charge is 0.164 e. The van der Waals surface area contributed by atoms with Gasteiger partial charge in [0.2, 0.25) is 0 Å². The zero-order chi connectivity index (χ0) is 41.0. The van der Waals surface area contributed by atoms with Gasteiger partial charge in [-0.3, -0.25) is 0 Å². The molecule has 0 atom stereocenters. The lowest BCUT2D eigenvalue weighted by Gasteiger charge is -2.12. The summed E-state index contributed by atoms with van der Waals surface area (Å²) < 4.78 is 4.74. The Bertz CT molecular complexity index is 3620. The standard InChI is InChI=1S/C57H37N5/c1-4-16-38(17-5-1)40-20-14-21-43(34-40)56-58-55(39-18-6-2-7-19-39)59-57(60-56)44-22-15-25-46(35-44)62-51-28-12-10-26-47(51)49-32-30-42(37-54(49)62)41-31-33-53-50(36-41)48-27-11-13-29-52(48)61(53)45-23-8-3-9-24-45/h1-37H. The minimum atomic E-state index is 0.616. The number of hydrogen-bond acceptors (Lipinski definition) is 3. The fraction of sp³-hybridized carbons (Fsp3) is 0. The quantitative estimate of drug-likeness (QED) is 0.162. The first-order valence-electron chi connectivity index (χ1n) is 20.9. The molecule has 12 rings (SSSR count). The van der Waals surface area contributed by atoms with Crippen LogP contribution in [0.1, 0.15) is 0 Å². The summed E-state index contributed by atoms with van der Waals surface area (Å²) in [4.78, 5) is 15.3. The fourth-order valence-electron chi connectivity index (χ4n) is 9.04. The van der Waals surface area contributed by atoms with Gasteiger partial charge in [-0.2, -0.15) is 0 Å². The largest absolute Gasteiger partial charge is 0.309 e. The summed E-state index contributed by atoms with van der Waals surface area (Å²) in [6, 6.07) is 79.3. The number of fused-ring (bicyclic) bond motifs is 6. The van der Waals surface area contributed by atoms with Crippen LogP contribution in [-0.2, 0) is 0 Å². The first-order chi connectivity index (χ1) is 30.7. The molecule has 0 N–H and O–H groups in total. The van der Waals surface area contributed by atoms with Crippen molar-refractivity contribution in [1.82, 2.24) is 24.1 Å². The van der Waals surface area contributed by atoms with Crippen molar-refractivity contribution in [1.29, 1.82) is 0 Å². The zero-order valence-corrected chi connectivity index (χ0v) is 33.6. The first kappa shape index (κ1) is 35.5. The molecule has 0 radical (unpaired) electrons. The molecule has 3 aromatic heterocycles. The summed E-state index contributed by atoms with van der Waals surface area (Å²) in [5.74, 6) is 1.87. The minimum Gasteiger partial charge on any atom is -0.309 e. The van der Waals surface area contributed by atoms with Crippen molar-refractivity contribution in [3.05, 3.63) is 224 Å². The Kier molecular flexibility index (Phi) is 8.42. The SMILES string of the molecule is c1ccc(-c2cccc(-c3nc(-c4ccccc4)nc(-c4cccc(-n5c6ccccc6c6ccc(-c7ccc8c(c7)c7ccccc7n8-c7ccccc7)cc65)c4)n3)c2)cc1. The fourth-order valence-corrected chi connectivity index (χ4v) is 9.04. The van der Waals surface area contributed by atoms with E-state index >= 15 is 0 Å². The molecule has 0 aliphatic carbocycles. The van der Waals surface area contributed by atoms with Crippen molar-refractivity contribution in [2.75, 3.05) is 0 Å². The van der Waals surface area contributed by atoms with Crippen LogP contribution in [0.2, 0.25) is 0 Å². The third-order valence-electron chi connectivity index (χ3n) is 12.0. The van der Waals surface area contributed by atoms with E-state index in [1.54, 1.807) is 0 Å². The topological polar surface area (TPSA) is 48.5 Å². The van der Waals surface area contributed by atoms with Gasteiger partial charge in [0.25, 0.3) is 0 Å². The van der Waals surface area contributed by atoms with Crippen molar-refractivity contribution in [2.45, 2.75) is 0 Å². The Morgan fingerprint density at radius 2 is 0.661 bits per heavy atom. The maximum atomic E-state index is 5.17. The summed E-state index contributed by atoms with van der Waals surface area (Å²) in [6.45, 7) is 0. The molecule has 3 heterocycles. The molecule has 9 aromatic carbocycles. The second-order valence-electron chi connectivity index (χ2n) is 15.7. The molecule has 12 aromatic rings. The zero-order valence-electron chi connectivity index (χ0n) is 33.6. The third kappa shape index (κ3) is 6.06. The molecular formula is C57H37N5. The maximum Gasteiger partial charge on any atom is 0.164 e. The molecule has 0 unspecified atom stereocenters.